The molecule has 0 amide bonds. The van der Waals surface area contributed by atoms with Crippen molar-refractivity contribution in [2.75, 3.05) is 0 Å². The van der Waals surface area contributed by atoms with Crippen LogP contribution in [0.15, 0.2) is 146 Å². The van der Waals surface area contributed by atoms with E-state index in [0.717, 1.165) is 77.2 Å². The normalized spacial score (nSPS) is 11.2. The van der Waals surface area contributed by atoms with Gasteiger partial charge in [0.05, 0.1) is 68.3 Å². The van der Waals surface area contributed by atoms with Crippen molar-refractivity contribution in [1.29, 1.82) is 15.8 Å². The van der Waals surface area contributed by atoms with Crippen molar-refractivity contribution in [3.05, 3.63) is 174 Å². The van der Waals surface area contributed by atoms with Gasteiger partial charge in [-0.25, -0.2) is 15.0 Å². The second kappa shape index (κ2) is 13.4. The lowest BCUT2D eigenvalue weighted by atomic mass is 10.0. The molecular formula is C50H30N8. The zero-order valence-corrected chi connectivity index (χ0v) is 31.4. The molecule has 0 spiro atoms. The van der Waals surface area contributed by atoms with Crippen molar-refractivity contribution in [3.8, 4) is 63.2 Å². The molecule has 0 fully saturated rings. The smallest absolute Gasteiger partial charge is 0.164 e. The van der Waals surface area contributed by atoms with Crippen molar-refractivity contribution in [2.24, 2.45) is 0 Å². The standard InChI is InChI=1S/C50H30N8/c1-30-54-31(2)56-50(55-30)43-26-49(58-45-16-6-4-14-40(45)42-20-18-37(24-47(42)58)35-12-8-10-33(22-35)28-52)48(25-38(43)29-53)57-44-15-5-3-13-39(44)41-19-17-36(23-46(41)57)34-11-7-9-32(21-34)27-51/h3-26H,1-2H3. The van der Waals surface area contributed by atoms with Gasteiger partial charge >= 0.3 is 0 Å². The van der Waals surface area contributed by atoms with Gasteiger partial charge in [0.1, 0.15) is 11.6 Å². The van der Waals surface area contributed by atoms with E-state index in [1.165, 1.54) is 0 Å². The number of para-hydroxylation sites is 2. The van der Waals surface area contributed by atoms with Crippen LogP contribution in [0.3, 0.4) is 0 Å². The third-order valence-electron chi connectivity index (χ3n) is 10.8. The van der Waals surface area contributed by atoms with Crippen molar-refractivity contribution in [1.82, 2.24) is 24.1 Å². The minimum absolute atomic E-state index is 0.419. The monoisotopic (exact) mass is 742 g/mol. The van der Waals surface area contributed by atoms with E-state index < -0.39 is 0 Å². The van der Waals surface area contributed by atoms with Crippen LogP contribution in [0.1, 0.15) is 28.3 Å². The third kappa shape index (κ3) is 5.46. The summed E-state index contributed by atoms with van der Waals surface area (Å²) in [6, 6.07) is 55.8. The Kier molecular flexibility index (Phi) is 7.90. The highest BCUT2D eigenvalue weighted by atomic mass is 15.1. The first-order valence-corrected chi connectivity index (χ1v) is 18.8. The number of rotatable bonds is 5. The fourth-order valence-corrected chi connectivity index (χ4v) is 8.30. The Morgan fingerprint density at radius 3 is 1.38 bits per heavy atom. The Morgan fingerprint density at radius 2 is 0.879 bits per heavy atom. The van der Waals surface area contributed by atoms with Crippen LogP contribution in [0.25, 0.3) is 88.6 Å². The number of benzene rings is 7. The van der Waals surface area contributed by atoms with E-state index in [2.05, 4.69) is 93.0 Å². The summed E-state index contributed by atoms with van der Waals surface area (Å²) in [6.45, 7) is 3.66. The van der Waals surface area contributed by atoms with Gasteiger partial charge in [-0.15, -0.1) is 0 Å². The van der Waals surface area contributed by atoms with E-state index >= 15 is 0 Å². The van der Waals surface area contributed by atoms with Gasteiger partial charge in [0.25, 0.3) is 0 Å². The Bertz CT molecular complexity index is 3450. The van der Waals surface area contributed by atoms with E-state index in [4.69, 9.17) is 9.97 Å². The van der Waals surface area contributed by atoms with Gasteiger partial charge in [-0.2, -0.15) is 15.8 Å². The molecule has 0 saturated heterocycles. The maximum atomic E-state index is 10.9. The Balaban J connectivity index is 1.36. The average Bonchev–Trinajstić information content (AvgIpc) is 3.77. The number of hydrogen-bond acceptors (Lipinski definition) is 6. The highest BCUT2D eigenvalue weighted by Crippen LogP contribution is 2.42. The topological polar surface area (TPSA) is 120 Å². The zero-order valence-electron chi connectivity index (χ0n) is 31.4. The van der Waals surface area contributed by atoms with Crippen LogP contribution in [0.2, 0.25) is 0 Å². The molecule has 10 aromatic rings. The Hall–Kier alpha value is -8.38. The van der Waals surface area contributed by atoms with E-state index in [1.807, 2.05) is 98.8 Å². The van der Waals surface area contributed by atoms with Crippen LogP contribution in [-0.2, 0) is 0 Å². The molecule has 0 saturated carbocycles. The molecule has 0 atom stereocenters. The van der Waals surface area contributed by atoms with E-state index in [1.54, 1.807) is 0 Å². The largest absolute Gasteiger partial charge is 0.307 e. The summed E-state index contributed by atoms with van der Waals surface area (Å²) in [6.07, 6.45) is 0. The number of aryl methyl sites for hydroxylation is 2. The lowest BCUT2D eigenvalue weighted by Gasteiger charge is -2.19. The van der Waals surface area contributed by atoms with E-state index in [-0.39, 0.29) is 0 Å². The fourth-order valence-electron chi connectivity index (χ4n) is 8.30. The molecule has 10 rings (SSSR count). The van der Waals surface area contributed by atoms with Crippen LogP contribution >= 0.6 is 0 Å². The molecular weight excluding hydrogens is 713 g/mol. The van der Waals surface area contributed by atoms with Gasteiger partial charge < -0.3 is 9.13 Å². The predicted molar refractivity (Wildman–Crippen MR) is 228 cm³/mol. The first-order valence-electron chi connectivity index (χ1n) is 18.8. The molecule has 0 N–H and O–H groups in total. The van der Waals surface area contributed by atoms with Crippen LogP contribution in [-0.4, -0.2) is 24.1 Å². The molecule has 0 radical (unpaired) electrons. The maximum Gasteiger partial charge on any atom is 0.164 e. The summed E-state index contributed by atoms with van der Waals surface area (Å²) in [5.74, 6) is 1.55. The van der Waals surface area contributed by atoms with Crippen LogP contribution in [0.4, 0.5) is 0 Å². The van der Waals surface area contributed by atoms with Crippen molar-refractivity contribution in [2.45, 2.75) is 13.8 Å². The molecule has 0 aliphatic rings. The van der Waals surface area contributed by atoms with Crippen molar-refractivity contribution >= 4 is 43.6 Å². The van der Waals surface area contributed by atoms with Gasteiger partial charge in [0.2, 0.25) is 0 Å². The van der Waals surface area contributed by atoms with Crippen molar-refractivity contribution in [3.63, 3.8) is 0 Å². The molecule has 0 aliphatic heterocycles. The molecule has 7 aromatic carbocycles. The minimum atomic E-state index is 0.419. The first kappa shape index (κ1) is 34.1. The fraction of sp³-hybridized carbons (Fsp3) is 0.0400. The molecule has 270 valence electrons. The second-order valence-corrected chi connectivity index (χ2v) is 14.3. The van der Waals surface area contributed by atoms with E-state index in [0.29, 0.717) is 39.7 Å². The second-order valence-electron chi connectivity index (χ2n) is 14.3. The summed E-state index contributed by atoms with van der Waals surface area (Å²) in [5, 5.41) is 34.6. The Labute approximate surface area is 333 Å². The average molecular weight is 743 g/mol. The van der Waals surface area contributed by atoms with Crippen LogP contribution in [0.5, 0.6) is 0 Å². The molecule has 0 bridgehead atoms. The molecule has 58 heavy (non-hydrogen) atoms. The molecule has 3 aromatic heterocycles. The molecule has 3 heterocycles. The highest BCUT2D eigenvalue weighted by Gasteiger charge is 2.24. The summed E-state index contributed by atoms with van der Waals surface area (Å²) in [5.41, 5.74) is 11.4. The lowest BCUT2D eigenvalue weighted by molar-refractivity contribution is 0.927. The number of nitriles is 3. The van der Waals surface area contributed by atoms with Crippen molar-refractivity contribution < 1.29 is 0 Å². The molecule has 8 heteroatoms. The van der Waals surface area contributed by atoms with E-state index in [9.17, 15) is 15.8 Å². The zero-order chi connectivity index (χ0) is 39.5. The van der Waals surface area contributed by atoms with Crippen LogP contribution < -0.4 is 0 Å². The van der Waals surface area contributed by atoms with Crippen LogP contribution in [0, 0.1) is 47.8 Å². The summed E-state index contributed by atoms with van der Waals surface area (Å²) in [4.78, 5) is 13.9. The number of nitrogens with zero attached hydrogens (tertiary/aromatic N) is 8. The summed E-state index contributed by atoms with van der Waals surface area (Å²) in [7, 11) is 0. The third-order valence-corrected chi connectivity index (χ3v) is 10.8. The SMILES string of the molecule is Cc1nc(C)nc(-c2cc(-n3c4ccccc4c4ccc(-c5cccc(C#N)c5)cc43)c(-n3c4ccccc4c4ccc(-c5cccc(C#N)c5)cc43)cc2C#N)n1. The lowest BCUT2D eigenvalue weighted by Crippen LogP contribution is -2.07. The predicted octanol–water partition coefficient (Wildman–Crippen LogP) is 11.3. The van der Waals surface area contributed by atoms with Gasteiger partial charge in [-0.1, -0.05) is 84.9 Å². The Morgan fingerprint density at radius 1 is 0.414 bits per heavy atom. The molecule has 8 nitrogen and oxygen atoms in total. The minimum Gasteiger partial charge on any atom is -0.307 e. The number of aromatic nitrogens is 5. The number of fused-ring (bicyclic) bond motifs is 6. The summed E-state index contributed by atoms with van der Waals surface area (Å²) >= 11 is 0. The first-order chi connectivity index (χ1) is 28.4. The summed E-state index contributed by atoms with van der Waals surface area (Å²) < 4.78 is 4.51. The maximum absolute atomic E-state index is 10.9. The molecule has 0 unspecified atom stereocenters. The number of hydrogen-bond donors (Lipinski definition) is 0. The van der Waals surface area contributed by atoms with Gasteiger partial charge in [-0.05, 0) is 96.8 Å². The highest BCUT2D eigenvalue weighted by molar-refractivity contribution is 6.12. The quantitative estimate of drug-likeness (QED) is 0.173. The van der Waals surface area contributed by atoms with Gasteiger partial charge in [-0.3, -0.25) is 0 Å². The van der Waals surface area contributed by atoms with Gasteiger partial charge in [0.15, 0.2) is 5.82 Å². The molecule has 0 aliphatic carbocycles. The van der Waals surface area contributed by atoms with Gasteiger partial charge in [0, 0.05) is 27.1 Å².